The Morgan fingerprint density at radius 1 is 1.03 bits per heavy atom. The van der Waals surface area contributed by atoms with Crippen LogP contribution in [0.2, 0.25) is 0 Å². The number of anilines is 1. The molecular formula is C22H20F3N3O4S. The van der Waals surface area contributed by atoms with Crippen LogP contribution in [-0.4, -0.2) is 25.4 Å². The minimum atomic E-state index is -4.87. The van der Waals surface area contributed by atoms with Crippen LogP contribution in [0.5, 0.6) is 5.88 Å². The number of carbonyl (C=O) groups is 1. The van der Waals surface area contributed by atoms with Gasteiger partial charge in [0.15, 0.2) is 0 Å². The molecule has 3 aromatic rings. The van der Waals surface area contributed by atoms with Gasteiger partial charge in [-0.25, -0.2) is 13.4 Å². The van der Waals surface area contributed by atoms with E-state index in [1.54, 1.807) is 0 Å². The van der Waals surface area contributed by atoms with E-state index < -0.39 is 38.6 Å². The third-order valence-electron chi connectivity index (χ3n) is 4.44. The van der Waals surface area contributed by atoms with Crippen molar-refractivity contribution in [3.63, 3.8) is 0 Å². The Balaban J connectivity index is 1.61. The third kappa shape index (κ3) is 6.53. The Morgan fingerprint density at radius 2 is 1.70 bits per heavy atom. The first kappa shape index (κ1) is 24.2. The maximum Gasteiger partial charge on any atom is 0.417 e. The van der Waals surface area contributed by atoms with Crippen molar-refractivity contribution < 1.29 is 31.1 Å². The minimum Gasteiger partial charge on any atom is -0.473 e. The quantitative estimate of drug-likeness (QED) is 0.509. The molecule has 0 aliphatic rings. The van der Waals surface area contributed by atoms with E-state index in [9.17, 15) is 26.4 Å². The van der Waals surface area contributed by atoms with Crippen molar-refractivity contribution in [1.82, 2.24) is 9.71 Å². The number of halogens is 3. The van der Waals surface area contributed by atoms with Crippen LogP contribution in [0, 0.1) is 0 Å². The van der Waals surface area contributed by atoms with Crippen LogP contribution in [0.15, 0.2) is 77.8 Å². The molecule has 3 rings (SSSR count). The molecule has 11 heteroatoms. The number of sulfonamides is 1. The second-order valence-electron chi connectivity index (χ2n) is 6.99. The first-order valence-electron chi connectivity index (χ1n) is 9.68. The normalized spacial score (nSPS) is 12.7. The fourth-order valence-corrected chi connectivity index (χ4v) is 4.24. The van der Waals surface area contributed by atoms with Gasteiger partial charge in [0.05, 0.1) is 28.4 Å². The van der Waals surface area contributed by atoms with Gasteiger partial charge >= 0.3 is 6.18 Å². The number of hydrogen-bond donors (Lipinski definition) is 2. The fraction of sp³-hybridized carbons (Fsp3) is 0.182. The van der Waals surface area contributed by atoms with E-state index in [-0.39, 0.29) is 5.69 Å². The smallest absolute Gasteiger partial charge is 0.417 e. The number of rotatable bonds is 8. The number of nitrogens with zero attached hydrogens (tertiary/aromatic N) is 1. The Morgan fingerprint density at radius 3 is 2.33 bits per heavy atom. The third-order valence-corrected chi connectivity index (χ3v) is 6.04. The average Bonchev–Trinajstić information content (AvgIpc) is 2.78. The van der Waals surface area contributed by atoms with E-state index in [2.05, 4.69) is 10.3 Å². The van der Waals surface area contributed by atoms with Crippen LogP contribution in [0.1, 0.15) is 18.1 Å². The molecule has 0 unspecified atom stereocenters. The van der Waals surface area contributed by atoms with E-state index in [1.807, 2.05) is 35.1 Å². The lowest BCUT2D eigenvalue weighted by molar-refractivity contribution is -0.139. The van der Waals surface area contributed by atoms with Crippen molar-refractivity contribution in [2.45, 2.75) is 30.6 Å². The Kier molecular flexibility index (Phi) is 7.34. The molecule has 0 saturated carbocycles. The zero-order chi connectivity index (χ0) is 24.1. The first-order chi connectivity index (χ1) is 15.6. The largest absolute Gasteiger partial charge is 0.473 e. The summed E-state index contributed by atoms with van der Waals surface area (Å²) in [7, 11) is -4.62. The summed E-state index contributed by atoms with van der Waals surface area (Å²) in [5.74, 6) is -0.461. The lowest BCUT2D eigenvalue weighted by atomic mass is 10.2. The monoisotopic (exact) mass is 479 g/mol. The fourth-order valence-electron chi connectivity index (χ4n) is 2.81. The lowest BCUT2D eigenvalue weighted by Crippen LogP contribution is -2.42. The number of ether oxygens (including phenoxy) is 1. The maximum atomic E-state index is 13.2. The van der Waals surface area contributed by atoms with Gasteiger partial charge in [0, 0.05) is 6.07 Å². The molecule has 174 valence electrons. The predicted molar refractivity (Wildman–Crippen MR) is 115 cm³/mol. The number of pyridine rings is 1. The zero-order valence-electron chi connectivity index (χ0n) is 17.3. The number of benzene rings is 2. The van der Waals surface area contributed by atoms with Crippen molar-refractivity contribution in [3.8, 4) is 5.88 Å². The number of alkyl halides is 3. The molecule has 2 aromatic carbocycles. The molecule has 0 spiro atoms. The van der Waals surface area contributed by atoms with E-state index in [0.717, 1.165) is 17.7 Å². The van der Waals surface area contributed by atoms with E-state index in [1.165, 1.54) is 31.3 Å². The summed E-state index contributed by atoms with van der Waals surface area (Å²) in [4.78, 5) is 15.5. The number of amides is 1. The molecule has 0 aliphatic carbocycles. The Hall–Kier alpha value is -3.44. The topological polar surface area (TPSA) is 97.4 Å². The molecule has 0 saturated heterocycles. The first-order valence-corrected chi connectivity index (χ1v) is 11.2. The lowest BCUT2D eigenvalue weighted by Gasteiger charge is -2.17. The van der Waals surface area contributed by atoms with Gasteiger partial charge in [-0.2, -0.15) is 17.9 Å². The van der Waals surface area contributed by atoms with Crippen molar-refractivity contribution in [2.75, 3.05) is 5.32 Å². The molecule has 1 amide bonds. The van der Waals surface area contributed by atoms with Crippen molar-refractivity contribution in [3.05, 3.63) is 84.1 Å². The second-order valence-corrected chi connectivity index (χ2v) is 8.67. The Labute approximate surface area is 188 Å². The molecule has 0 bridgehead atoms. The number of nitrogens with one attached hydrogen (secondary N) is 2. The van der Waals surface area contributed by atoms with Gasteiger partial charge in [0.2, 0.25) is 21.8 Å². The molecule has 2 N–H and O–H groups in total. The highest BCUT2D eigenvalue weighted by molar-refractivity contribution is 7.89. The minimum absolute atomic E-state index is 0.258. The van der Waals surface area contributed by atoms with E-state index in [4.69, 9.17) is 4.74 Å². The molecule has 1 aromatic heterocycles. The summed E-state index contributed by atoms with van der Waals surface area (Å²) in [6.45, 7) is 1.52. The van der Waals surface area contributed by atoms with Crippen LogP contribution < -0.4 is 14.8 Å². The highest BCUT2D eigenvalue weighted by Gasteiger charge is 2.37. The molecule has 0 aliphatic heterocycles. The predicted octanol–water partition coefficient (Wildman–Crippen LogP) is 3.98. The van der Waals surface area contributed by atoms with Crippen LogP contribution in [0.3, 0.4) is 0 Å². The van der Waals surface area contributed by atoms with Gasteiger partial charge in [0.1, 0.15) is 6.61 Å². The van der Waals surface area contributed by atoms with Gasteiger partial charge in [-0.15, -0.1) is 0 Å². The van der Waals surface area contributed by atoms with Gasteiger partial charge in [0.25, 0.3) is 0 Å². The van der Waals surface area contributed by atoms with Gasteiger partial charge in [-0.3, -0.25) is 4.79 Å². The molecule has 33 heavy (non-hydrogen) atoms. The van der Waals surface area contributed by atoms with E-state index in [0.29, 0.717) is 18.6 Å². The van der Waals surface area contributed by atoms with Crippen LogP contribution >= 0.6 is 0 Å². The molecule has 1 atom stereocenters. The van der Waals surface area contributed by atoms with Crippen molar-refractivity contribution >= 4 is 21.6 Å². The SMILES string of the molecule is C[C@H](NS(=O)(=O)c1ccccc1C(F)(F)F)C(=O)Nc1ccc(OCc2ccccc2)nc1. The summed E-state index contributed by atoms with van der Waals surface area (Å²) in [6.07, 6.45) is -3.55. The molecule has 7 nitrogen and oxygen atoms in total. The summed E-state index contributed by atoms with van der Waals surface area (Å²) in [6, 6.07) is 14.8. The highest BCUT2D eigenvalue weighted by atomic mass is 32.2. The summed E-state index contributed by atoms with van der Waals surface area (Å²) in [5.41, 5.74) is -0.112. The molecule has 0 radical (unpaired) electrons. The standard InChI is InChI=1S/C22H20F3N3O4S/c1-15(28-33(30,31)19-10-6-5-9-18(19)22(23,24)25)21(29)27-17-11-12-20(26-13-17)32-14-16-7-3-2-4-8-16/h2-13,15,28H,14H2,1H3,(H,27,29)/t15-/m0/s1. The summed E-state index contributed by atoms with van der Waals surface area (Å²) in [5, 5.41) is 2.46. The number of hydrogen-bond acceptors (Lipinski definition) is 5. The van der Waals surface area contributed by atoms with Crippen LogP contribution in [0.4, 0.5) is 18.9 Å². The van der Waals surface area contributed by atoms with Gasteiger partial charge in [-0.1, -0.05) is 42.5 Å². The van der Waals surface area contributed by atoms with Gasteiger partial charge < -0.3 is 10.1 Å². The summed E-state index contributed by atoms with van der Waals surface area (Å²) >= 11 is 0. The Bertz CT molecular complexity index is 1200. The zero-order valence-corrected chi connectivity index (χ0v) is 18.2. The van der Waals surface area contributed by atoms with Crippen molar-refractivity contribution in [2.24, 2.45) is 0 Å². The summed E-state index contributed by atoms with van der Waals surface area (Å²) < 4.78 is 71.9. The van der Waals surface area contributed by atoms with Crippen LogP contribution in [0.25, 0.3) is 0 Å². The van der Waals surface area contributed by atoms with Crippen molar-refractivity contribution in [1.29, 1.82) is 0 Å². The van der Waals surface area contributed by atoms with Crippen LogP contribution in [-0.2, 0) is 27.6 Å². The van der Waals surface area contributed by atoms with E-state index >= 15 is 0 Å². The highest BCUT2D eigenvalue weighted by Crippen LogP contribution is 2.33. The molecule has 0 fully saturated rings. The number of carbonyl (C=O) groups excluding carboxylic acids is 1. The second kappa shape index (κ2) is 10.0. The molecular weight excluding hydrogens is 459 g/mol. The maximum absolute atomic E-state index is 13.2. The number of aromatic nitrogens is 1. The average molecular weight is 479 g/mol. The van der Waals surface area contributed by atoms with Gasteiger partial charge in [-0.05, 0) is 30.7 Å². The molecule has 1 heterocycles.